The van der Waals surface area contributed by atoms with Crippen LogP contribution in [0, 0.1) is 5.82 Å². The normalized spacial score (nSPS) is 15.1. The Hall–Kier alpha value is -2.86. The fourth-order valence-electron chi connectivity index (χ4n) is 3.42. The van der Waals surface area contributed by atoms with Gasteiger partial charge in [0.15, 0.2) is 0 Å². The Balaban J connectivity index is 1.48. The van der Waals surface area contributed by atoms with Gasteiger partial charge in [0.2, 0.25) is 0 Å². The van der Waals surface area contributed by atoms with Crippen molar-refractivity contribution < 1.29 is 4.39 Å². The summed E-state index contributed by atoms with van der Waals surface area (Å²) in [5.74, 6) is -0.316. The van der Waals surface area contributed by atoms with Crippen LogP contribution in [0.25, 0.3) is 16.5 Å². The number of aryl methyl sites for hydroxylation is 1. The third kappa shape index (κ3) is 3.80. The van der Waals surface area contributed by atoms with Crippen LogP contribution in [-0.2, 0) is 13.0 Å². The number of pyridine rings is 3. The van der Waals surface area contributed by atoms with Gasteiger partial charge in [0.25, 0.3) is 5.56 Å². The zero-order valence-electron chi connectivity index (χ0n) is 15.2. The lowest BCUT2D eigenvalue weighted by atomic mass is 10.0. The predicted molar refractivity (Wildman–Crippen MR) is 104 cm³/mol. The van der Waals surface area contributed by atoms with Gasteiger partial charge in [-0.2, -0.15) is 0 Å². The number of nitrogens with zero attached hydrogens (tertiary/aromatic N) is 3. The van der Waals surface area contributed by atoms with Crippen molar-refractivity contribution in [3.05, 3.63) is 75.9 Å². The average Bonchev–Trinajstić information content (AvgIpc) is 2.69. The summed E-state index contributed by atoms with van der Waals surface area (Å²) in [6, 6.07) is 7.04. The summed E-state index contributed by atoms with van der Waals surface area (Å²) in [6.45, 7) is 4.36. The van der Waals surface area contributed by atoms with Crippen molar-refractivity contribution in [3.8, 4) is 0 Å². The first kappa shape index (κ1) is 17.5. The van der Waals surface area contributed by atoms with Crippen molar-refractivity contribution in [2.75, 3.05) is 13.1 Å². The largest absolute Gasteiger partial charge is 0.322 e. The molecule has 3 aromatic rings. The van der Waals surface area contributed by atoms with Gasteiger partial charge in [0.1, 0.15) is 5.82 Å². The average molecular weight is 364 g/mol. The molecule has 0 aromatic carbocycles. The number of nitrogens with one attached hydrogen (secondary N) is 1. The third-order valence-corrected chi connectivity index (χ3v) is 4.98. The molecular formula is C21H21FN4O. The van der Waals surface area contributed by atoms with E-state index in [0.29, 0.717) is 13.0 Å². The van der Waals surface area contributed by atoms with Crippen molar-refractivity contribution in [2.45, 2.75) is 26.3 Å². The second kappa shape index (κ2) is 7.40. The van der Waals surface area contributed by atoms with Crippen molar-refractivity contribution in [1.29, 1.82) is 0 Å². The Bertz CT molecular complexity index is 1060. The highest BCUT2D eigenvalue weighted by Crippen LogP contribution is 2.22. The first-order chi connectivity index (χ1) is 13.1. The van der Waals surface area contributed by atoms with E-state index in [1.165, 1.54) is 12.3 Å². The Labute approximate surface area is 156 Å². The summed E-state index contributed by atoms with van der Waals surface area (Å²) < 4.78 is 13.0. The highest BCUT2D eigenvalue weighted by Gasteiger charge is 2.15. The summed E-state index contributed by atoms with van der Waals surface area (Å²) in [5.41, 5.74) is 4.49. The number of hydrogen-bond acceptors (Lipinski definition) is 4. The maximum atomic E-state index is 13.0. The summed E-state index contributed by atoms with van der Waals surface area (Å²) >= 11 is 0. The topological polar surface area (TPSA) is 61.9 Å². The number of rotatable bonds is 4. The molecule has 4 rings (SSSR count). The molecule has 0 atom stereocenters. The fourth-order valence-corrected chi connectivity index (χ4v) is 3.42. The molecule has 1 aliphatic heterocycles. The number of fused-ring (bicyclic) bond motifs is 1. The lowest BCUT2D eigenvalue weighted by Gasteiger charge is -2.25. The molecule has 27 heavy (non-hydrogen) atoms. The quantitative estimate of drug-likeness (QED) is 0.772. The monoisotopic (exact) mass is 364 g/mol. The summed E-state index contributed by atoms with van der Waals surface area (Å²) in [6.07, 6.45) is 6.79. The minimum Gasteiger partial charge on any atom is -0.322 e. The molecule has 0 unspecified atom stereocenters. The minimum absolute atomic E-state index is 0.0282. The molecule has 4 heterocycles. The van der Waals surface area contributed by atoms with Gasteiger partial charge in [-0.1, -0.05) is 13.0 Å². The number of halogens is 1. The van der Waals surface area contributed by atoms with Gasteiger partial charge in [0.05, 0.1) is 23.1 Å². The van der Waals surface area contributed by atoms with E-state index in [9.17, 15) is 9.18 Å². The summed E-state index contributed by atoms with van der Waals surface area (Å²) in [5, 5.41) is 0.957. The Kier molecular flexibility index (Phi) is 4.81. The fraction of sp³-hybridized carbons (Fsp3) is 0.286. The van der Waals surface area contributed by atoms with Crippen LogP contribution in [0.2, 0.25) is 0 Å². The molecule has 0 saturated heterocycles. The third-order valence-electron chi connectivity index (χ3n) is 4.98. The molecule has 1 N–H and O–H groups in total. The van der Waals surface area contributed by atoms with E-state index in [0.717, 1.165) is 52.9 Å². The molecule has 0 bridgehead atoms. The molecule has 1 aliphatic rings. The highest BCUT2D eigenvalue weighted by atomic mass is 19.1. The maximum absolute atomic E-state index is 13.0. The Morgan fingerprint density at radius 2 is 2.11 bits per heavy atom. The van der Waals surface area contributed by atoms with Crippen molar-refractivity contribution in [3.63, 3.8) is 0 Å². The molecule has 0 radical (unpaired) electrons. The van der Waals surface area contributed by atoms with Crippen LogP contribution >= 0.6 is 0 Å². The standard InChI is InChI=1S/C21H21FN4O/c1-2-14-9-16-11-23-18(10-20(16)25-21(14)27)13-26-7-5-15(6-8-26)19-4-3-17(22)12-24-19/h3-5,9-12H,2,6-8,13H2,1H3,(H,25,27). The highest BCUT2D eigenvalue weighted by molar-refractivity contribution is 5.78. The van der Waals surface area contributed by atoms with Crippen LogP contribution in [0.3, 0.4) is 0 Å². The van der Waals surface area contributed by atoms with Crippen LogP contribution in [0.5, 0.6) is 0 Å². The SMILES string of the molecule is CCc1cc2cnc(CN3CC=C(c4ccc(F)cn4)CC3)cc2[nH]c1=O. The number of aromatic nitrogens is 3. The molecule has 6 heteroatoms. The molecule has 5 nitrogen and oxygen atoms in total. The molecule has 0 amide bonds. The maximum Gasteiger partial charge on any atom is 0.251 e. The minimum atomic E-state index is -0.316. The van der Waals surface area contributed by atoms with Gasteiger partial charge in [-0.3, -0.25) is 19.7 Å². The van der Waals surface area contributed by atoms with Gasteiger partial charge >= 0.3 is 0 Å². The summed E-state index contributed by atoms with van der Waals surface area (Å²) in [7, 11) is 0. The second-order valence-corrected chi connectivity index (χ2v) is 6.82. The van der Waals surface area contributed by atoms with Gasteiger partial charge in [0, 0.05) is 36.8 Å². The van der Waals surface area contributed by atoms with Crippen LogP contribution in [0.1, 0.15) is 30.3 Å². The van der Waals surface area contributed by atoms with E-state index in [4.69, 9.17) is 0 Å². The zero-order chi connectivity index (χ0) is 18.8. The molecule has 0 spiro atoms. The summed E-state index contributed by atoms with van der Waals surface area (Å²) in [4.78, 5) is 26.0. The van der Waals surface area contributed by atoms with Gasteiger partial charge < -0.3 is 4.98 Å². The van der Waals surface area contributed by atoms with E-state index in [1.807, 2.05) is 25.3 Å². The van der Waals surface area contributed by atoms with Crippen LogP contribution in [0.15, 0.2) is 47.5 Å². The van der Waals surface area contributed by atoms with Crippen LogP contribution < -0.4 is 5.56 Å². The van der Waals surface area contributed by atoms with E-state index < -0.39 is 0 Å². The lowest BCUT2D eigenvalue weighted by molar-refractivity contribution is 0.290. The van der Waals surface area contributed by atoms with E-state index in [2.05, 4.69) is 25.9 Å². The molecule has 0 fully saturated rings. The van der Waals surface area contributed by atoms with Crippen molar-refractivity contribution >= 4 is 16.5 Å². The molecule has 0 aliphatic carbocycles. The molecule has 138 valence electrons. The Morgan fingerprint density at radius 1 is 1.22 bits per heavy atom. The zero-order valence-corrected chi connectivity index (χ0v) is 15.2. The first-order valence-electron chi connectivity index (χ1n) is 9.16. The molecule has 3 aromatic heterocycles. The van der Waals surface area contributed by atoms with Crippen LogP contribution in [-0.4, -0.2) is 32.9 Å². The first-order valence-corrected chi connectivity index (χ1v) is 9.16. The number of hydrogen-bond donors (Lipinski definition) is 1. The lowest BCUT2D eigenvalue weighted by Crippen LogP contribution is -2.28. The van der Waals surface area contributed by atoms with Crippen molar-refractivity contribution in [1.82, 2.24) is 19.9 Å². The Morgan fingerprint density at radius 3 is 2.81 bits per heavy atom. The van der Waals surface area contributed by atoms with E-state index in [1.54, 1.807) is 6.07 Å². The van der Waals surface area contributed by atoms with E-state index in [-0.39, 0.29) is 11.4 Å². The van der Waals surface area contributed by atoms with Crippen molar-refractivity contribution in [2.24, 2.45) is 0 Å². The molecular weight excluding hydrogens is 343 g/mol. The van der Waals surface area contributed by atoms with Crippen LogP contribution in [0.4, 0.5) is 4.39 Å². The molecule has 0 saturated carbocycles. The van der Waals surface area contributed by atoms with Gasteiger partial charge in [-0.15, -0.1) is 0 Å². The second-order valence-electron chi connectivity index (χ2n) is 6.82. The van der Waals surface area contributed by atoms with Gasteiger partial charge in [-0.05, 0) is 42.7 Å². The van der Waals surface area contributed by atoms with E-state index >= 15 is 0 Å². The number of aromatic amines is 1. The smallest absolute Gasteiger partial charge is 0.251 e. The number of H-pyrrole nitrogens is 1. The predicted octanol–water partition coefficient (Wildman–Crippen LogP) is 3.31. The van der Waals surface area contributed by atoms with Gasteiger partial charge in [-0.25, -0.2) is 4.39 Å².